The van der Waals surface area contributed by atoms with Crippen molar-refractivity contribution in [3.63, 3.8) is 0 Å². The summed E-state index contributed by atoms with van der Waals surface area (Å²) in [6.07, 6.45) is 5.14. The van der Waals surface area contributed by atoms with Crippen LogP contribution in [-0.2, 0) is 9.59 Å². The second-order valence-electron chi connectivity index (χ2n) is 10.1. The number of amides is 2. The third kappa shape index (κ3) is 5.36. The summed E-state index contributed by atoms with van der Waals surface area (Å²) in [6, 6.07) is 20.3. The normalized spacial score (nSPS) is 16.2. The van der Waals surface area contributed by atoms with Crippen LogP contribution >= 0.6 is 0 Å². The predicted molar refractivity (Wildman–Crippen MR) is 148 cm³/mol. The molecule has 1 aliphatic heterocycles. The molecular weight excluding hydrogens is 481 g/mol. The molecule has 2 amide bonds. The average Bonchev–Trinajstić information content (AvgIpc) is 3.23. The van der Waals surface area contributed by atoms with Crippen LogP contribution < -0.4 is 25.8 Å². The molecular formula is C30H34FN5O2. The molecule has 2 N–H and O–H groups in total. The molecule has 8 heteroatoms. The monoisotopic (exact) mass is 515 g/mol. The molecule has 1 saturated carbocycles. The van der Waals surface area contributed by atoms with Gasteiger partial charge in [0.05, 0.1) is 11.4 Å². The molecule has 1 heterocycles. The summed E-state index contributed by atoms with van der Waals surface area (Å²) in [7, 11) is 1.88. The van der Waals surface area contributed by atoms with E-state index >= 15 is 0 Å². The number of para-hydroxylation sites is 2. The van der Waals surface area contributed by atoms with Gasteiger partial charge in [0.1, 0.15) is 18.4 Å². The van der Waals surface area contributed by atoms with E-state index in [9.17, 15) is 14.0 Å². The van der Waals surface area contributed by atoms with Crippen LogP contribution in [0, 0.1) is 12.7 Å². The number of hydrogen-bond acceptors (Lipinski definition) is 5. The van der Waals surface area contributed by atoms with Gasteiger partial charge in [0, 0.05) is 18.8 Å². The summed E-state index contributed by atoms with van der Waals surface area (Å²) in [4.78, 5) is 29.6. The number of carbonyl (C=O) groups excluding carboxylic acids is 2. The maximum atomic E-state index is 14.5. The molecule has 1 atom stereocenters. The minimum absolute atomic E-state index is 0.0586. The van der Waals surface area contributed by atoms with E-state index in [-0.39, 0.29) is 24.4 Å². The second-order valence-corrected chi connectivity index (χ2v) is 10.1. The smallest absolute Gasteiger partial charge is 0.249 e. The van der Waals surface area contributed by atoms with Gasteiger partial charge >= 0.3 is 0 Å². The Labute approximate surface area is 223 Å². The SMILES string of the molecule is Cc1ccccc1C(C(=O)NC1CCCCC1)N(C(=O)CN1NN(C)c2ccccc21)c1cccc(F)c1. The zero-order chi connectivity index (χ0) is 26.6. The van der Waals surface area contributed by atoms with Crippen molar-refractivity contribution in [3.05, 3.63) is 89.7 Å². The second kappa shape index (κ2) is 11.2. The first kappa shape index (κ1) is 25.7. The zero-order valence-corrected chi connectivity index (χ0v) is 21.9. The number of rotatable bonds is 7. The number of anilines is 3. The molecule has 0 radical (unpaired) electrons. The number of nitrogens with zero attached hydrogens (tertiary/aromatic N) is 3. The van der Waals surface area contributed by atoms with Gasteiger partial charge in [0.15, 0.2) is 0 Å². The summed E-state index contributed by atoms with van der Waals surface area (Å²) >= 11 is 0. The van der Waals surface area contributed by atoms with Crippen molar-refractivity contribution in [1.29, 1.82) is 0 Å². The van der Waals surface area contributed by atoms with Crippen LogP contribution in [-0.4, -0.2) is 31.4 Å². The van der Waals surface area contributed by atoms with Gasteiger partial charge in [0.2, 0.25) is 11.8 Å². The van der Waals surface area contributed by atoms with Gasteiger partial charge in [0.25, 0.3) is 0 Å². The Balaban J connectivity index is 1.54. The Kier molecular flexibility index (Phi) is 7.60. The molecule has 1 aliphatic carbocycles. The number of aryl methyl sites for hydroxylation is 1. The molecule has 198 valence electrons. The highest BCUT2D eigenvalue weighted by atomic mass is 19.1. The third-order valence-corrected chi connectivity index (χ3v) is 7.39. The van der Waals surface area contributed by atoms with E-state index in [4.69, 9.17) is 0 Å². The Morgan fingerprint density at radius 1 is 1.00 bits per heavy atom. The van der Waals surface area contributed by atoms with E-state index in [0.717, 1.165) is 42.6 Å². The first-order valence-electron chi connectivity index (χ1n) is 13.2. The highest BCUT2D eigenvalue weighted by Crippen LogP contribution is 2.34. The maximum absolute atomic E-state index is 14.5. The van der Waals surface area contributed by atoms with Crippen LogP contribution in [0.15, 0.2) is 72.8 Å². The lowest BCUT2D eigenvalue weighted by molar-refractivity contribution is -0.127. The van der Waals surface area contributed by atoms with Crippen LogP contribution in [0.5, 0.6) is 0 Å². The first-order chi connectivity index (χ1) is 18.4. The van der Waals surface area contributed by atoms with Crippen molar-refractivity contribution in [2.75, 3.05) is 28.5 Å². The Bertz CT molecular complexity index is 1310. The molecule has 2 aliphatic rings. The Morgan fingerprint density at radius 2 is 1.71 bits per heavy atom. The molecule has 7 nitrogen and oxygen atoms in total. The molecule has 0 spiro atoms. The molecule has 5 rings (SSSR count). The fourth-order valence-corrected chi connectivity index (χ4v) is 5.48. The number of halogens is 1. The van der Waals surface area contributed by atoms with Crippen molar-refractivity contribution in [3.8, 4) is 0 Å². The Hall–Kier alpha value is -3.91. The average molecular weight is 516 g/mol. The van der Waals surface area contributed by atoms with E-state index in [1.165, 1.54) is 23.5 Å². The van der Waals surface area contributed by atoms with Crippen molar-refractivity contribution in [1.82, 2.24) is 10.9 Å². The van der Waals surface area contributed by atoms with E-state index in [1.54, 1.807) is 17.1 Å². The minimum Gasteiger partial charge on any atom is -0.351 e. The van der Waals surface area contributed by atoms with Gasteiger partial charge in [-0.15, -0.1) is 5.53 Å². The molecule has 0 aromatic heterocycles. The molecule has 1 fully saturated rings. The topological polar surface area (TPSA) is 67.9 Å². The highest BCUT2D eigenvalue weighted by molar-refractivity contribution is 6.03. The van der Waals surface area contributed by atoms with E-state index < -0.39 is 11.9 Å². The molecule has 1 unspecified atom stereocenters. The fourth-order valence-electron chi connectivity index (χ4n) is 5.48. The molecule has 3 aromatic rings. The highest BCUT2D eigenvalue weighted by Gasteiger charge is 2.36. The third-order valence-electron chi connectivity index (χ3n) is 7.39. The summed E-state index contributed by atoms with van der Waals surface area (Å²) in [6.45, 7) is 1.87. The molecule has 0 saturated heterocycles. The lowest BCUT2D eigenvalue weighted by Crippen LogP contribution is -2.52. The molecule has 3 aromatic carbocycles. The Morgan fingerprint density at radius 3 is 2.45 bits per heavy atom. The largest absolute Gasteiger partial charge is 0.351 e. The van der Waals surface area contributed by atoms with Crippen LogP contribution in [0.2, 0.25) is 0 Å². The van der Waals surface area contributed by atoms with E-state index in [0.29, 0.717) is 11.3 Å². The lowest BCUT2D eigenvalue weighted by atomic mass is 9.93. The summed E-state index contributed by atoms with van der Waals surface area (Å²) in [5.74, 6) is -1.06. The molecule has 38 heavy (non-hydrogen) atoms. The fraction of sp³-hybridized carbons (Fsp3) is 0.333. The number of benzene rings is 3. The van der Waals surface area contributed by atoms with Crippen molar-refractivity contribution in [2.45, 2.75) is 51.1 Å². The van der Waals surface area contributed by atoms with Gasteiger partial charge in [-0.1, -0.05) is 61.7 Å². The number of hydrogen-bond donors (Lipinski definition) is 2. The van der Waals surface area contributed by atoms with Crippen LogP contribution in [0.25, 0.3) is 0 Å². The quantitative estimate of drug-likeness (QED) is 0.462. The summed E-state index contributed by atoms with van der Waals surface area (Å²) in [5, 5.41) is 6.80. The van der Waals surface area contributed by atoms with Gasteiger partial charge in [-0.25, -0.2) is 4.39 Å². The van der Waals surface area contributed by atoms with E-state index in [1.807, 2.05) is 67.5 Å². The predicted octanol–water partition coefficient (Wildman–Crippen LogP) is 5.03. The number of fused-ring (bicyclic) bond motifs is 1. The zero-order valence-electron chi connectivity index (χ0n) is 21.9. The number of hydrazine groups is 2. The summed E-state index contributed by atoms with van der Waals surface area (Å²) in [5.41, 5.74) is 6.91. The van der Waals surface area contributed by atoms with Crippen molar-refractivity contribution < 1.29 is 14.0 Å². The maximum Gasteiger partial charge on any atom is 0.249 e. The summed E-state index contributed by atoms with van der Waals surface area (Å²) < 4.78 is 14.5. The number of carbonyl (C=O) groups is 2. The van der Waals surface area contributed by atoms with Gasteiger partial charge in [-0.2, -0.15) is 0 Å². The van der Waals surface area contributed by atoms with Crippen molar-refractivity contribution in [2.24, 2.45) is 0 Å². The van der Waals surface area contributed by atoms with Crippen LogP contribution in [0.3, 0.4) is 0 Å². The minimum atomic E-state index is -0.956. The first-order valence-corrected chi connectivity index (χ1v) is 13.2. The van der Waals surface area contributed by atoms with Crippen LogP contribution in [0.4, 0.5) is 21.5 Å². The van der Waals surface area contributed by atoms with Crippen molar-refractivity contribution >= 4 is 28.9 Å². The van der Waals surface area contributed by atoms with E-state index in [2.05, 4.69) is 10.9 Å². The van der Waals surface area contributed by atoms with Gasteiger partial charge < -0.3 is 5.32 Å². The van der Waals surface area contributed by atoms with Crippen LogP contribution in [0.1, 0.15) is 49.3 Å². The molecule has 0 bridgehead atoms. The number of nitrogens with one attached hydrogen (secondary N) is 2. The standard InChI is InChI=1S/C30H34FN5O2/c1-21-11-6-7-16-25(21)29(30(38)32-23-13-4-3-5-14-23)36(24-15-10-12-22(31)19-24)28(37)20-35-27-18-9-8-17-26(27)34(2)33-35/h6-12,15-19,23,29,33H,3-5,13-14,20H2,1-2H3,(H,32,38). The lowest BCUT2D eigenvalue weighted by Gasteiger charge is -2.35. The van der Waals surface area contributed by atoms with Gasteiger partial charge in [-0.3, -0.25) is 24.5 Å². The van der Waals surface area contributed by atoms with Gasteiger partial charge in [-0.05, 0) is 61.2 Å².